The van der Waals surface area contributed by atoms with Crippen molar-refractivity contribution >= 4 is 34.7 Å². The van der Waals surface area contributed by atoms with E-state index in [0.29, 0.717) is 36.6 Å². The lowest BCUT2D eigenvalue weighted by Crippen LogP contribution is -2.41. The summed E-state index contributed by atoms with van der Waals surface area (Å²) in [6, 6.07) is 12.8. The number of likely N-dealkylation sites (tertiary alicyclic amines) is 1. The molecular formula is C21H21ClN4O2. The summed E-state index contributed by atoms with van der Waals surface area (Å²) in [5, 5.41) is 3.55. The number of amides is 2. The summed E-state index contributed by atoms with van der Waals surface area (Å²) in [7, 11) is 0. The quantitative estimate of drug-likeness (QED) is 0.732. The predicted octanol–water partition coefficient (Wildman–Crippen LogP) is 3.79. The van der Waals surface area contributed by atoms with Gasteiger partial charge in [-0.1, -0.05) is 17.7 Å². The fourth-order valence-electron chi connectivity index (χ4n) is 3.54. The van der Waals surface area contributed by atoms with Gasteiger partial charge in [0.1, 0.15) is 11.3 Å². The van der Waals surface area contributed by atoms with Gasteiger partial charge in [-0.25, -0.2) is 4.98 Å². The number of piperidine rings is 1. The Balaban J connectivity index is 1.37. The van der Waals surface area contributed by atoms with Gasteiger partial charge in [-0.15, -0.1) is 0 Å². The SMILES string of the molecule is Cc1cccc2nc(C(=O)N3CCC(C(=O)Nc4ccc(Cl)cc4)CC3)cn12. The van der Waals surface area contributed by atoms with Crippen LogP contribution in [0.15, 0.2) is 48.7 Å². The number of nitrogens with zero attached hydrogens (tertiary/aromatic N) is 3. The molecule has 0 saturated carbocycles. The highest BCUT2D eigenvalue weighted by Crippen LogP contribution is 2.22. The molecule has 2 amide bonds. The number of hydrogen-bond donors (Lipinski definition) is 1. The molecule has 3 aromatic rings. The molecule has 3 heterocycles. The number of imidazole rings is 1. The summed E-state index contributed by atoms with van der Waals surface area (Å²) in [6.07, 6.45) is 3.06. The van der Waals surface area contributed by atoms with Crippen LogP contribution in [0, 0.1) is 12.8 Å². The normalized spacial score (nSPS) is 15.0. The Bertz CT molecular complexity index is 1020. The van der Waals surface area contributed by atoms with Crippen LogP contribution in [0.25, 0.3) is 5.65 Å². The Hall–Kier alpha value is -2.86. The maximum atomic E-state index is 12.8. The van der Waals surface area contributed by atoms with Crippen LogP contribution < -0.4 is 5.32 Å². The molecule has 0 radical (unpaired) electrons. The van der Waals surface area contributed by atoms with Gasteiger partial charge in [-0.05, 0) is 56.2 Å². The van der Waals surface area contributed by atoms with Crippen molar-refractivity contribution in [2.75, 3.05) is 18.4 Å². The predicted molar refractivity (Wildman–Crippen MR) is 109 cm³/mol. The van der Waals surface area contributed by atoms with Crippen molar-refractivity contribution in [3.05, 3.63) is 65.1 Å². The Labute approximate surface area is 168 Å². The molecule has 1 aromatic carbocycles. The molecule has 0 unspecified atom stereocenters. The van der Waals surface area contributed by atoms with Gasteiger partial charge in [-0.3, -0.25) is 9.59 Å². The second-order valence-electron chi connectivity index (χ2n) is 7.08. The Morgan fingerprint density at radius 2 is 1.82 bits per heavy atom. The summed E-state index contributed by atoms with van der Waals surface area (Å²) in [5.74, 6) is -0.208. The highest BCUT2D eigenvalue weighted by molar-refractivity contribution is 6.30. The minimum atomic E-state index is -0.108. The van der Waals surface area contributed by atoms with E-state index in [9.17, 15) is 9.59 Å². The van der Waals surface area contributed by atoms with Crippen molar-refractivity contribution in [1.82, 2.24) is 14.3 Å². The molecule has 0 bridgehead atoms. The summed E-state index contributed by atoms with van der Waals surface area (Å²) in [4.78, 5) is 31.5. The number of fused-ring (bicyclic) bond motifs is 1. The maximum absolute atomic E-state index is 12.8. The molecule has 1 aliphatic rings. The van der Waals surface area contributed by atoms with E-state index in [-0.39, 0.29) is 17.7 Å². The number of rotatable bonds is 3. The van der Waals surface area contributed by atoms with Crippen molar-refractivity contribution in [1.29, 1.82) is 0 Å². The van der Waals surface area contributed by atoms with Gasteiger partial charge in [0.2, 0.25) is 5.91 Å². The standard InChI is InChI=1S/C21H21ClN4O2/c1-14-3-2-4-19-24-18(13-26(14)19)21(28)25-11-9-15(10-12-25)20(27)23-17-7-5-16(22)6-8-17/h2-8,13,15H,9-12H2,1H3,(H,23,27). The van der Waals surface area contributed by atoms with Crippen LogP contribution in [0.1, 0.15) is 29.0 Å². The number of carbonyl (C=O) groups is 2. The van der Waals surface area contributed by atoms with Crippen molar-refractivity contribution in [2.24, 2.45) is 5.92 Å². The molecule has 6 nitrogen and oxygen atoms in total. The first kappa shape index (κ1) is 18.5. The van der Waals surface area contributed by atoms with Crippen LogP contribution in [-0.2, 0) is 4.79 Å². The first-order valence-corrected chi connectivity index (χ1v) is 9.69. The van der Waals surface area contributed by atoms with Gasteiger partial charge in [0, 0.05) is 41.6 Å². The minimum absolute atomic E-state index is 0.0159. The number of benzene rings is 1. The second kappa shape index (κ2) is 7.64. The van der Waals surface area contributed by atoms with Gasteiger partial charge in [0.15, 0.2) is 0 Å². The number of aryl methyl sites for hydroxylation is 1. The Morgan fingerprint density at radius 3 is 2.50 bits per heavy atom. The number of aromatic nitrogens is 2. The third-order valence-corrected chi connectivity index (χ3v) is 5.43. The van der Waals surface area contributed by atoms with E-state index >= 15 is 0 Å². The van der Waals surface area contributed by atoms with E-state index in [1.165, 1.54) is 0 Å². The van der Waals surface area contributed by atoms with E-state index in [2.05, 4.69) is 10.3 Å². The second-order valence-corrected chi connectivity index (χ2v) is 7.52. The van der Waals surface area contributed by atoms with Gasteiger partial charge < -0.3 is 14.6 Å². The Morgan fingerprint density at radius 1 is 1.11 bits per heavy atom. The van der Waals surface area contributed by atoms with Gasteiger partial charge >= 0.3 is 0 Å². The molecule has 1 saturated heterocycles. The fraction of sp³-hybridized carbons (Fsp3) is 0.286. The van der Waals surface area contributed by atoms with E-state index < -0.39 is 0 Å². The molecule has 1 fully saturated rings. The van der Waals surface area contributed by atoms with Gasteiger partial charge in [0.05, 0.1) is 0 Å². The minimum Gasteiger partial charge on any atom is -0.337 e. The third kappa shape index (κ3) is 3.73. The molecule has 0 atom stereocenters. The molecule has 0 aliphatic carbocycles. The van der Waals surface area contributed by atoms with Crippen LogP contribution in [0.4, 0.5) is 5.69 Å². The topological polar surface area (TPSA) is 66.7 Å². The van der Waals surface area contributed by atoms with Crippen molar-refractivity contribution in [3.63, 3.8) is 0 Å². The number of anilines is 1. The van der Waals surface area contributed by atoms with Crippen LogP contribution in [0.5, 0.6) is 0 Å². The lowest BCUT2D eigenvalue weighted by Gasteiger charge is -2.30. The smallest absolute Gasteiger partial charge is 0.274 e. The lowest BCUT2D eigenvalue weighted by molar-refractivity contribution is -0.121. The number of pyridine rings is 1. The first-order chi connectivity index (χ1) is 13.5. The monoisotopic (exact) mass is 396 g/mol. The molecule has 1 N–H and O–H groups in total. The van der Waals surface area contributed by atoms with E-state index in [0.717, 1.165) is 17.0 Å². The van der Waals surface area contributed by atoms with Crippen LogP contribution >= 0.6 is 11.6 Å². The largest absolute Gasteiger partial charge is 0.337 e. The summed E-state index contributed by atoms with van der Waals surface area (Å²) >= 11 is 5.87. The number of carbonyl (C=O) groups excluding carboxylic acids is 2. The summed E-state index contributed by atoms with van der Waals surface area (Å²) in [6.45, 7) is 3.07. The molecule has 7 heteroatoms. The van der Waals surface area contributed by atoms with Crippen LogP contribution in [-0.4, -0.2) is 39.2 Å². The molecule has 1 aliphatic heterocycles. The number of nitrogens with one attached hydrogen (secondary N) is 1. The number of halogens is 1. The zero-order valence-corrected chi connectivity index (χ0v) is 16.3. The number of hydrogen-bond acceptors (Lipinski definition) is 3. The highest BCUT2D eigenvalue weighted by atomic mass is 35.5. The summed E-state index contributed by atoms with van der Waals surface area (Å²) < 4.78 is 1.92. The average Bonchev–Trinajstić information content (AvgIpc) is 3.15. The molecule has 2 aromatic heterocycles. The maximum Gasteiger partial charge on any atom is 0.274 e. The zero-order valence-electron chi connectivity index (χ0n) is 15.6. The average molecular weight is 397 g/mol. The molecule has 28 heavy (non-hydrogen) atoms. The fourth-order valence-corrected chi connectivity index (χ4v) is 3.66. The van der Waals surface area contributed by atoms with Gasteiger partial charge in [-0.2, -0.15) is 0 Å². The van der Waals surface area contributed by atoms with Crippen molar-refractivity contribution in [3.8, 4) is 0 Å². The zero-order chi connectivity index (χ0) is 19.7. The molecule has 0 spiro atoms. The van der Waals surface area contributed by atoms with Crippen molar-refractivity contribution < 1.29 is 9.59 Å². The van der Waals surface area contributed by atoms with Crippen LogP contribution in [0.2, 0.25) is 5.02 Å². The first-order valence-electron chi connectivity index (χ1n) is 9.32. The van der Waals surface area contributed by atoms with Crippen molar-refractivity contribution in [2.45, 2.75) is 19.8 Å². The van der Waals surface area contributed by atoms with E-state index in [1.807, 2.05) is 29.5 Å². The highest BCUT2D eigenvalue weighted by Gasteiger charge is 2.29. The van der Waals surface area contributed by atoms with Gasteiger partial charge in [0.25, 0.3) is 5.91 Å². The molecule has 144 valence electrons. The summed E-state index contributed by atoms with van der Waals surface area (Å²) in [5.41, 5.74) is 2.97. The molecular weight excluding hydrogens is 376 g/mol. The Kier molecular flexibility index (Phi) is 5.05. The lowest BCUT2D eigenvalue weighted by atomic mass is 9.95. The molecule has 4 rings (SSSR count). The third-order valence-electron chi connectivity index (χ3n) is 5.18. The van der Waals surface area contributed by atoms with E-state index in [1.54, 1.807) is 35.4 Å². The van der Waals surface area contributed by atoms with Crippen LogP contribution in [0.3, 0.4) is 0 Å². The van der Waals surface area contributed by atoms with E-state index in [4.69, 9.17) is 11.6 Å².